The Morgan fingerprint density at radius 3 is 2.00 bits per heavy atom. The highest BCUT2D eigenvalue weighted by atomic mass is 15.1. The number of para-hydroxylation sites is 1. The fourth-order valence-corrected chi connectivity index (χ4v) is 2.57. The fourth-order valence-electron chi connectivity index (χ4n) is 2.57. The molecule has 21 heavy (non-hydrogen) atoms. The molecule has 0 aliphatic rings. The molecule has 112 valence electrons. The highest BCUT2D eigenvalue weighted by molar-refractivity contribution is 5.45. The lowest BCUT2D eigenvalue weighted by atomic mass is 10.1. The zero-order valence-electron chi connectivity index (χ0n) is 12.7. The van der Waals surface area contributed by atoms with Crippen LogP contribution in [0.25, 0.3) is 0 Å². The normalized spacial score (nSPS) is 10.5. The molecule has 0 bridgehead atoms. The van der Waals surface area contributed by atoms with Crippen LogP contribution in [0.1, 0.15) is 24.8 Å². The van der Waals surface area contributed by atoms with Gasteiger partial charge in [-0.15, -0.1) is 0 Å². The first-order valence-corrected chi connectivity index (χ1v) is 7.94. The van der Waals surface area contributed by atoms with Gasteiger partial charge in [-0.25, -0.2) is 0 Å². The van der Waals surface area contributed by atoms with E-state index in [0.29, 0.717) is 0 Å². The van der Waals surface area contributed by atoms with Crippen molar-refractivity contribution in [2.75, 3.05) is 24.5 Å². The van der Waals surface area contributed by atoms with Gasteiger partial charge in [0.25, 0.3) is 0 Å². The van der Waals surface area contributed by atoms with Gasteiger partial charge in [0.15, 0.2) is 0 Å². The van der Waals surface area contributed by atoms with Crippen molar-refractivity contribution in [1.82, 2.24) is 0 Å². The summed E-state index contributed by atoms with van der Waals surface area (Å²) in [5.74, 6) is 0. The number of nitrogens with two attached hydrogens (primary N) is 1. The van der Waals surface area contributed by atoms with E-state index in [4.69, 9.17) is 5.73 Å². The van der Waals surface area contributed by atoms with Crippen molar-refractivity contribution in [2.24, 2.45) is 5.73 Å². The quantitative estimate of drug-likeness (QED) is 0.708. The average Bonchev–Trinajstić information content (AvgIpc) is 2.56. The molecular formula is C19H26N2. The number of rotatable bonds is 9. The lowest BCUT2D eigenvalue weighted by Crippen LogP contribution is -2.27. The third kappa shape index (κ3) is 5.60. The molecule has 0 aliphatic carbocycles. The SMILES string of the molecule is NCCCN(CCCCc1ccccc1)c1ccccc1. The van der Waals surface area contributed by atoms with Crippen LogP contribution in [0.2, 0.25) is 0 Å². The Bertz CT molecular complexity index is 481. The number of benzene rings is 2. The van der Waals surface area contributed by atoms with Crippen LogP contribution in [0.5, 0.6) is 0 Å². The van der Waals surface area contributed by atoms with Gasteiger partial charge in [-0.05, 0) is 49.9 Å². The van der Waals surface area contributed by atoms with Gasteiger partial charge in [0.1, 0.15) is 0 Å². The second-order valence-electron chi connectivity index (χ2n) is 5.41. The van der Waals surface area contributed by atoms with Gasteiger partial charge in [0, 0.05) is 18.8 Å². The van der Waals surface area contributed by atoms with Crippen molar-refractivity contribution < 1.29 is 0 Å². The summed E-state index contributed by atoms with van der Waals surface area (Å²) in [6.07, 6.45) is 4.66. The van der Waals surface area contributed by atoms with E-state index in [1.807, 2.05) is 0 Å². The lowest BCUT2D eigenvalue weighted by Gasteiger charge is -2.24. The zero-order chi connectivity index (χ0) is 14.8. The van der Waals surface area contributed by atoms with Crippen LogP contribution in [0.4, 0.5) is 5.69 Å². The average molecular weight is 282 g/mol. The molecule has 2 aromatic rings. The summed E-state index contributed by atoms with van der Waals surface area (Å²) in [7, 11) is 0. The maximum atomic E-state index is 5.66. The van der Waals surface area contributed by atoms with Crippen LogP contribution in [0, 0.1) is 0 Å². The predicted octanol–water partition coefficient (Wildman–Crippen LogP) is 3.86. The summed E-state index contributed by atoms with van der Waals surface area (Å²) in [6.45, 7) is 2.91. The van der Waals surface area contributed by atoms with E-state index in [1.165, 1.54) is 30.5 Å². The van der Waals surface area contributed by atoms with Gasteiger partial charge in [-0.1, -0.05) is 48.5 Å². The minimum absolute atomic E-state index is 0.757. The van der Waals surface area contributed by atoms with E-state index < -0.39 is 0 Å². The summed E-state index contributed by atoms with van der Waals surface area (Å²) in [5, 5.41) is 0. The van der Waals surface area contributed by atoms with E-state index in [0.717, 1.165) is 26.1 Å². The number of anilines is 1. The number of hydrogen-bond acceptors (Lipinski definition) is 2. The highest BCUT2D eigenvalue weighted by Crippen LogP contribution is 2.15. The number of aryl methyl sites for hydroxylation is 1. The van der Waals surface area contributed by atoms with Crippen LogP contribution in [-0.2, 0) is 6.42 Å². The summed E-state index contributed by atoms with van der Waals surface area (Å²) >= 11 is 0. The largest absolute Gasteiger partial charge is 0.371 e. The van der Waals surface area contributed by atoms with Crippen LogP contribution >= 0.6 is 0 Å². The Kier molecular flexibility index (Phi) is 6.82. The molecular weight excluding hydrogens is 256 g/mol. The molecule has 0 heterocycles. The first-order chi connectivity index (χ1) is 10.4. The topological polar surface area (TPSA) is 29.3 Å². The molecule has 0 amide bonds. The van der Waals surface area contributed by atoms with Crippen molar-refractivity contribution in [1.29, 1.82) is 0 Å². The minimum atomic E-state index is 0.757. The van der Waals surface area contributed by atoms with E-state index in [-0.39, 0.29) is 0 Å². The first kappa shape index (κ1) is 15.6. The summed E-state index contributed by atoms with van der Waals surface area (Å²) in [4.78, 5) is 2.46. The van der Waals surface area contributed by atoms with Crippen LogP contribution in [0.3, 0.4) is 0 Å². The van der Waals surface area contributed by atoms with Crippen molar-refractivity contribution in [3.05, 3.63) is 66.2 Å². The summed E-state index contributed by atoms with van der Waals surface area (Å²) < 4.78 is 0. The van der Waals surface area contributed by atoms with Gasteiger partial charge in [0.2, 0.25) is 0 Å². The molecule has 2 rings (SSSR count). The zero-order valence-corrected chi connectivity index (χ0v) is 12.7. The molecule has 0 spiro atoms. The second-order valence-corrected chi connectivity index (χ2v) is 5.41. The van der Waals surface area contributed by atoms with Crippen molar-refractivity contribution in [2.45, 2.75) is 25.7 Å². The van der Waals surface area contributed by atoms with E-state index in [9.17, 15) is 0 Å². The molecule has 0 radical (unpaired) electrons. The Hall–Kier alpha value is -1.80. The fraction of sp³-hybridized carbons (Fsp3) is 0.368. The standard InChI is InChI=1S/C19H26N2/c20-15-9-17-21(19-13-5-2-6-14-19)16-8-7-12-18-10-3-1-4-11-18/h1-6,10-11,13-14H,7-9,12,15-17,20H2. The lowest BCUT2D eigenvalue weighted by molar-refractivity contribution is 0.668. The molecule has 2 aromatic carbocycles. The van der Waals surface area contributed by atoms with E-state index in [2.05, 4.69) is 65.6 Å². The molecule has 0 saturated carbocycles. The molecule has 0 unspecified atom stereocenters. The molecule has 0 atom stereocenters. The van der Waals surface area contributed by atoms with Crippen LogP contribution in [-0.4, -0.2) is 19.6 Å². The third-order valence-electron chi connectivity index (χ3n) is 3.74. The Morgan fingerprint density at radius 2 is 1.33 bits per heavy atom. The minimum Gasteiger partial charge on any atom is -0.371 e. The van der Waals surface area contributed by atoms with Crippen molar-refractivity contribution in [3.8, 4) is 0 Å². The number of hydrogen-bond donors (Lipinski definition) is 1. The second kappa shape index (κ2) is 9.19. The third-order valence-corrected chi connectivity index (χ3v) is 3.74. The molecule has 0 aliphatic heterocycles. The highest BCUT2D eigenvalue weighted by Gasteiger charge is 2.05. The predicted molar refractivity (Wildman–Crippen MR) is 91.7 cm³/mol. The van der Waals surface area contributed by atoms with Gasteiger partial charge in [-0.3, -0.25) is 0 Å². The maximum absolute atomic E-state index is 5.66. The van der Waals surface area contributed by atoms with Crippen molar-refractivity contribution in [3.63, 3.8) is 0 Å². The maximum Gasteiger partial charge on any atom is 0.0366 e. The molecule has 0 aromatic heterocycles. The molecule has 2 heteroatoms. The van der Waals surface area contributed by atoms with E-state index in [1.54, 1.807) is 0 Å². The summed E-state index contributed by atoms with van der Waals surface area (Å²) in [6, 6.07) is 21.4. The van der Waals surface area contributed by atoms with Gasteiger partial charge in [0.05, 0.1) is 0 Å². The van der Waals surface area contributed by atoms with Crippen LogP contribution < -0.4 is 10.6 Å². The Balaban J connectivity index is 1.79. The monoisotopic (exact) mass is 282 g/mol. The molecule has 2 N–H and O–H groups in total. The van der Waals surface area contributed by atoms with Gasteiger partial charge < -0.3 is 10.6 Å². The first-order valence-electron chi connectivity index (χ1n) is 7.94. The van der Waals surface area contributed by atoms with Gasteiger partial charge >= 0.3 is 0 Å². The smallest absolute Gasteiger partial charge is 0.0366 e. The van der Waals surface area contributed by atoms with Crippen molar-refractivity contribution >= 4 is 5.69 Å². The molecule has 0 saturated heterocycles. The number of nitrogens with zero attached hydrogens (tertiary/aromatic N) is 1. The van der Waals surface area contributed by atoms with Gasteiger partial charge in [-0.2, -0.15) is 0 Å². The Morgan fingerprint density at radius 1 is 0.714 bits per heavy atom. The molecule has 0 fully saturated rings. The van der Waals surface area contributed by atoms with E-state index >= 15 is 0 Å². The van der Waals surface area contributed by atoms with Crippen LogP contribution in [0.15, 0.2) is 60.7 Å². The Labute approximate surface area is 128 Å². The number of unbranched alkanes of at least 4 members (excludes halogenated alkanes) is 1. The molecule has 2 nitrogen and oxygen atoms in total. The summed E-state index contributed by atoms with van der Waals surface area (Å²) in [5.41, 5.74) is 8.41.